The smallest absolute Gasteiger partial charge is 0.248 e. The van der Waals surface area contributed by atoms with Gasteiger partial charge in [0.25, 0.3) is 0 Å². The molecule has 0 aromatic heterocycles. The molecule has 5 rings (SSSR count). The second-order valence-corrected chi connectivity index (χ2v) is 10.6. The number of aromatic hydroxyl groups is 1. The van der Waals surface area contributed by atoms with Crippen LogP contribution in [0.3, 0.4) is 0 Å². The lowest BCUT2D eigenvalue weighted by Gasteiger charge is -2.51. The van der Waals surface area contributed by atoms with Crippen molar-refractivity contribution in [2.24, 2.45) is 17.6 Å². The quantitative estimate of drug-likeness (QED) is 0.386. The third kappa shape index (κ3) is 3.85. The maximum atomic E-state index is 14.0. The van der Waals surface area contributed by atoms with Gasteiger partial charge in [-0.25, -0.2) is 0 Å². The molecular weight excluding hydrogens is 504 g/mol. The lowest BCUT2D eigenvalue weighted by molar-refractivity contribution is -0.151. The highest BCUT2D eigenvalue weighted by Crippen LogP contribution is 2.54. The van der Waals surface area contributed by atoms with E-state index in [-0.39, 0.29) is 41.1 Å². The average molecular weight is 537 g/mol. The van der Waals surface area contributed by atoms with Crippen LogP contribution in [0.1, 0.15) is 24.0 Å². The highest BCUT2D eigenvalue weighted by atomic mass is 16.5. The van der Waals surface area contributed by atoms with Gasteiger partial charge in [0, 0.05) is 23.5 Å². The summed E-state index contributed by atoms with van der Waals surface area (Å²) in [5, 5.41) is 45.0. The zero-order valence-electron chi connectivity index (χ0n) is 22.2. The van der Waals surface area contributed by atoms with E-state index in [9.17, 15) is 30.0 Å². The Labute approximate surface area is 225 Å². The highest BCUT2D eigenvalue weighted by molar-refractivity contribution is 6.10. The van der Waals surface area contributed by atoms with Gasteiger partial charge in [-0.1, -0.05) is 6.07 Å². The van der Waals surface area contributed by atoms with Crippen LogP contribution in [-0.4, -0.2) is 77.0 Å². The number of hydrogen-bond acceptors (Lipinski definition) is 9. The summed E-state index contributed by atoms with van der Waals surface area (Å²) in [6.45, 7) is 0. The van der Waals surface area contributed by atoms with Crippen molar-refractivity contribution in [3.05, 3.63) is 58.4 Å². The first-order valence-corrected chi connectivity index (χ1v) is 12.6. The van der Waals surface area contributed by atoms with Crippen LogP contribution in [-0.2, 0) is 16.0 Å². The maximum absolute atomic E-state index is 14.0. The SMILES string of the molecule is COc1ccc(OC)c(-c2ccc(O)c3c2CC2CC4C(N(C)C)C(O)=C(C(N)=O)CC4(O)C(=O)C2=C3O)c1. The van der Waals surface area contributed by atoms with E-state index in [0.717, 1.165) is 0 Å². The molecule has 2 aromatic carbocycles. The fourth-order valence-electron chi connectivity index (χ4n) is 6.61. The third-order valence-electron chi connectivity index (χ3n) is 8.40. The molecule has 0 saturated heterocycles. The van der Waals surface area contributed by atoms with Crippen molar-refractivity contribution < 1.29 is 39.5 Å². The molecule has 10 heteroatoms. The molecule has 4 atom stereocenters. The minimum atomic E-state index is -2.08. The van der Waals surface area contributed by atoms with Crippen LogP contribution in [0.5, 0.6) is 17.2 Å². The number of amides is 1. The molecule has 1 amide bonds. The number of carbonyl (C=O) groups excluding carboxylic acids is 2. The number of methoxy groups -OCH3 is 2. The van der Waals surface area contributed by atoms with Gasteiger partial charge in [0.05, 0.1) is 31.4 Å². The number of nitrogens with zero attached hydrogens (tertiary/aromatic N) is 1. The number of aliphatic hydroxyl groups is 3. The number of carbonyl (C=O) groups is 2. The van der Waals surface area contributed by atoms with E-state index in [1.807, 2.05) is 0 Å². The Kier molecular flexibility index (Phi) is 6.35. The number of Topliss-reactive ketones (excluding diaryl/α,β-unsaturated/α-hetero) is 1. The van der Waals surface area contributed by atoms with Gasteiger partial charge < -0.3 is 35.6 Å². The summed E-state index contributed by atoms with van der Waals surface area (Å²) in [4.78, 5) is 27.7. The first-order chi connectivity index (χ1) is 18.4. The number of aliphatic hydroxyl groups excluding tert-OH is 2. The number of phenols is 1. The third-order valence-corrected chi connectivity index (χ3v) is 8.40. The predicted octanol–water partition coefficient (Wildman–Crippen LogP) is 2.47. The Morgan fingerprint density at radius 2 is 1.79 bits per heavy atom. The average Bonchev–Trinajstić information content (AvgIpc) is 2.89. The summed E-state index contributed by atoms with van der Waals surface area (Å²) in [6.07, 6.45) is 0.0280. The van der Waals surface area contributed by atoms with E-state index in [0.29, 0.717) is 28.2 Å². The minimum Gasteiger partial charge on any atom is -0.510 e. The minimum absolute atomic E-state index is 0.00553. The second kappa shape index (κ2) is 9.32. The van der Waals surface area contributed by atoms with Crippen LogP contribution >= 0.6 is 0 Å². The number of benzene rings is 2. The number of fused-ring (bicyclic) bond motifs is 3. The van der Waals surface area contributed by atoms with E-state index in [1.54, 1.807) is 57.5 Å². The first kappa shape index (κ1) is 26.6. The van der Waals surface area contributed by atoms with Gasteiger partial charge in [-0.05, 0) is 68.2 Å². The maximum Gasteiger partial charge on any atom is 0.248 e. The molecule has 206 valence electrons. The molecule has 2 aromatic rings. The van der Waals surface area contributed by atoms with Crippen LogP contribution in [0.4, 0.5) is 0 Å². The second-order valence-electron chi connectivity index (χ2n) is 10.6. The summed E-state index contributed by atoms with van der Waals surface area (Å²) in [7, 11) is 6.45. The van der Waals surface area contributed by atoms with Crippen molar-refractivity contribution >= 4 is 17.4 Å². The molecule has 4 unspecified atom stereocenters. The molecule has 6 N–H and O–H groups in total. The summed E-state index contributed by atoms with van der Waals surface area (Å²) in [6, 6.07) is 7.63. The van der Waals surface area contributed by atoms with Crippen LogP contribution in [0.15, 0.2) is 47.2 Å². The van der Waals surface area contributed by atoms with Gasteiger partial charge in [0.2, 0.25) is 5.91 Å². The number of hydrogen-bond donors (Lipinski definition) is 5. The van der Waals surface area contributed by atoms with Crippen molar-refractivity contribution in [1.82, 2.24) is 4.90 Å². The predicted molar refractivity (Wildman–Crippen MR) is 142 cm³/mol. The van der Waals surface area contributed by atoms with E-state index in [4.69, 9.17) is 15.2 Å². The largest absolute Gasteiger partial charge is 0.510 e. The molecular formula is C29H32N2O8. The van der Waals surface area contributed by atoms with E-state index in [1.165, 1.54) is 6.07 Å². The van der Waals surface area contributed by atoms with Crippen LogP contribution < -0.4 is 15.2 Å². The molecule has 0 heterocycles. The van der Waals surface area contributed by atoms with Gasteiger partial charge >= 0.3 is 0 Å². The Balaban J connectivity index is 1.70. The van der Waals surface area contributed by atoms with Crippen molar-refractivity contribution in [1.29, 1.82) is 0 Å². The lowest BCUT2D eigenvalue weighted by Crippen LogP contribution is -2.62. The van der Waals surface area contributed by atoms with E-state index >= 15 is 0 Å². The van der Waals surface area contributed by atoms with Gasteiger partial charge in [-0.2, -0.15) is 0 Å². The highest BCUT2D eigenvalue weighted by Gasteiger charge is 2.60. The Morgan fingerprint density at radius 3 is 2.41 bits per heavy atom. The molecule has 0 spiro atoms. The van der Waals surface area contributed by atoms with Gasteiger partial charge in [0.15, 0.2) is 5.78 Å². The fraction of sp³-hybridized carbons (Fsp3) is 0.379. The van der Waals surface area contributed by atoms with Gasteiger partial charge in [0.1, 0.15) is 34.4 Å². The van der Waals surface area contributed by atoms with Gasteiger partial charge in [-0.15, -0.1) is 0 Å². The number of phenolic OH excluding ortho intramolecular Hbond substituents is 1. The summed E-state index contributed by atoms with van der Waals surface area (Å²) >= 11 is 0. The standard InChI is InChI=1S/C29H32N2O8/c1-31(2)24-19-10-13-9-17-15(16-11-14(38-3)5-8-21(16)39-4)6-7-20(32)23(17)26(34)22(13)27(35)29(19,37)12-18(25(24)33)28(30)36/h5-8,11,13,19,24,32-34,37H,9-10,12H2,1-4H3,(H2,30,36). The fourth-order valence-corrected chi connectivity index (χ4v) is 6.61. The molecule has 0 bridgehead atoms. The monoisotopic (exact) mass is 536 g/mol. The Bertz CT molecular complexity index is 1460. The van der Waals surface area contributed by atoms with Crippen molar-refractivity contribution in [3.63, 3.8) is 0 Å². The Morgan fingerprint density at radius 1 is 1.08 bits per heavy atom. The molecule has 0 aliphatic heterocycles. The van der Waals surface area contributed by atoms with E-state index < -0.39 is 47.3 Å². The molecule has 1 fully saturated rings. The summed E-state index contributed by atoms with van der Waals surface area (Å²) in [5.41, 5.74) is 5.27. The number of ketones is 1. The van der Waals surface area contributed by atoms with Gasteiger partial charge in [-0.3, -0.25) is 14.5 Å². The van der Waals surface area contributed by atoms with Crippen LogP contribution in [0.2, 0.25) is 0 Å². The number of primary amides is 1. The van der Waals surface area contributed by atoms with Crippen molar-refractivity contribution in [2.45, 2.75) is 30.9 Å². The topological polar surface area (TPSA) is 163 Å². The molecule has 3 aliphatic carbocycles. The molecule has 39 heavy (non-hydrogen) atoms. The zero-order valence-corrected chi connectivity index (χ0v) is 22.2. The molecule has 3 aliphatic rings. The number of rotatable bonds is 5. The normalized spacial score (nSPS) is 26.2. The van der Waals surface area contributed by atoms with Crippen molar-refractivity contribution in [3.8, 4) is 28.4 Å². The van der Waals surface area contributed by atoms with E-state index in [2.05, 4.69) is 0 Å². The molecule has 1 saturated carbocycles. The van der Waals surface area contributed by atoms with Crippen LogP contribution in [0.25, 0.3) is 16.9 Å². The van der Waals surface area contributed by atoms with Crippen LogP contribution in [0, 0.1) is 11.8 Å². The van der Waals surface area contributed by atoms with Crippen molar-refractivity contribution in [2.75, 3.05) is 28.3 Å². The molecule has 10 nitrogen and oxygen atoms in total. The molecule has 0 radical (unpaired) electrons. The lowest BCUT2D eigenvalue weighted by atomic mass is 9.57. The summed E-state index contributed by atoms with van der Waals surface area (Å²) in [5.74, 6) is -2.73. The summed E-state index contributed by atoms with van der Waals surface area (Å²) < 4.78 is 11.0. The number of nitrogens with two attached hydrogens (primary N) is 1. The number of ether oxygens (including phenoxy) is 2. The number of likely N-dealkylation sites (N-methyl/N-ethyl adjacent to an activating group) is 1. The zero-order chi connectivity index (χ0) is 28.4. The first-order valence-electron chi connectivity index (χ1n) is 12.6. The Hall–Kier alpha value is -4.02.